The lowest BCUT2D eigenvalue weighted by molar-refractivity contribution is 0.0238. The molecular formula is C12H16FNO. The van der Waals surface area contributed by atoms with Gasteiger partial charge in [0, 0.05) is 13.1 Å². The van der Waals surface area contributed by atoms with Gasteiger partial charge < -0.3 is 10.1 Å². The lowest BCUT2D eigenvalue weighted by atomic mass is 10.1. The van der Waals surface area contributed by atoms with Crippen LogP contribution in [0.3, 0.4) is 0 Å². The van der Waals surface area contributed by atoms with E-state index < -0.39 is 0 Å². The van der Waals surface area contributed by atoms with Crippen LogP contribution < -0.4 is 5.32 Å². The molecule has 1 aliphatic rings. The summed E-state index contributed by atoms with van der Waals surface area (Å²) in [5, 5.41) is 3.28. The molecule has 1 N–H and O–H groups in total. The highest BCUT2D eigenvalue weighted by Gasteiger charge is 2.12. The second kappa shape index (κ2) is 5.24. The molecule has 1 aromatic carbocycles. The number of halogens is 1. The molecule has 1 aliphatic heterocycles. The monoisotopic (exact) mass is 209 g/mol. The molecule has 0 spiro atoms. The van der Waals surface area contributed by atoms with Gasteiger partial charge in [0.05, 0.1) is 12.7 Å². The summed E-state index contributed by atoms with van der Waals surface area (Å²) in [5.74, 6) is -0.157. The summed E-state index contributed by atoms with van der Waals surface area (Å²) in [7, 11) is 0. The van der Waals surface area contributed by atoms with Crippen LogP contribution in [0.25, 0.3) is 0 Å². The molecule has 15 heavy (non-hydrogen) atoms. The van der Waals surface area contributed by atoms with Gasteiger partial charge in [0.15, 0.2) is 0 Å². The van der Waals surface area contributed by atoms with Crippen molar-refractivity contribution < 1.29 is 9.13 Å². The Morgan fingerprint density at radius 1 is 1.47 bits per heavy atom. The van der Waals surface area contributed by atoms with Crippen LogP contribution in [-0.4, -0.2) is 25.8 Å². The van der Waals surface area contributed by atoms with E-state index in [4.69, 9.17) is 4.74 Å². The summed E-state index contributed by atoms with van der Waals surface area (Å²) < 4.78 is 18.5. The minimum absolute atomic E-state index is 0.157. The summed E-state index contributed by atoms with van der Waals surface area (Å²) in [6.07, 6.45) is 2.11. The summed E-state index contributed by atoms with van der Waals surface area (Å²) in [4.78, 5) is 0. The summed E-state index contributed by atoms with van der Waals surface area (Å²) in [6, 6.07) is 6.78. The number of hydrogen-bond acceptors (Lipinski definition) is 2. The Morgan fingerprint density at radius 2 is 2.40 bits per heavy atom. The topological polar surface area (TPSA) is 21.3 Å². The second-order valence-electron chi connectivity index (χ2n) is 3.87. The lowest BCUT2D eigenvalue weighted by Gasteiger charge is -2.23. The van der Waals surface area contributed by atoms with Crippen LogP contribution >= 0.6 is 0 Å². The fourth-order valence-electron chi connectivity index (χ4n) is 1.83. The van der Waals surface area contributed by atoms with E-state index in [1.807, 2.05) is 6.07 Å². The standard InChI is InChI=1S/C12H16FNO/c13-11-3-1-2-10(8-11)4-5-12-9-14-6-7-15-12/h1-3,8,12,14H,4-7,9H2. The zero-order valence-electron chi connectivity index (χ0n) is 8.71. The molecule has 0 saturated carbocycles. The molecule has 1 atom stereocenters. The van der Waals surface area contributed by atoms with Crippen LogP contribution in [0.1, 0.15) is 12.0 Å². The van der Waals surface area contributed by atoms with Crippen molar-refractivity contribution in [3.63, 3.8) is 0 Å². The Labute approximate surface area is 89.4 Å². The van der Waals surface area contributed by atoms with E-state index in [2.05, 4.69) is 5.32 Å². The minimum Gasteiger partial charge on any atom is -0.376 e. The van der Waals surface area contributed by atoms with E-state index >= 15 is 0 Å². The fraction of sp³-hybridized carbons (Fsp3) is 0.500. The molecular weight excluding hydrogens is 193 g/mol. The molecule has 0 bridgehead atoms. The van der Waals surface area contributed by atoms with Crippen LogP contribution in [0, 0.1) is 5.82 Å². The Kier molecular flexibility index (Phi) is 3.69. The van der Waals surface area contributed by atoms with Gasteiger partial charge in [0.2, 0.25) is 0 Å². The first kappa shape index (κ1) is 10.6. The van der Waals surface area contributed by atoms with E-state index in [1.165, 1.54) is 6.07 Å². The van der Waals surface area contributed by atoms with Crippen LogP contribution in [-0.2, 0) is 11.2 Å². The molecule has 3 heteroatoms. The summed E-state index contributed by atoms with van der Waals surface area (Å²) >= 11 is 0. The molecule has 1 saturated heterocycles. The number of rotatable bonds is 3. The number of ether oxygens (including phenoxy) is 1. The van der Waals surface area contributed by atoms with Gasteiger partial charge in [0.25, 0.3) is 0 Å². The van der Waals surface area contributed by atoms with E-state index in [0.717, 1.165) is 38.1 Å². The van der Waals surface area contributed by atoms with Crippen molar-refractivity contribution in [2.24, 2.45) is 0 Å². The molecule has 1 aromatic rings. The average molecular weight is 209 g/mol. The second-order valence-corrected chi connectivity index (χ2v) is 3.87. The Bertz CT molecular complexity index is 310. The third-order valence-corrected chi connectivity index (χ3v) is 2.65. The minimum atomic E-state index is -0.157. The number of aryl methyl sites for hydroxylation is 1. The molecule has 0 aromatic heterocycles. The molecule has 0 amide bonds. The van der Waals surface area contributed by atoms with E-state index in [-0.39, 0.29) is 11.9 Å². The highest BCUT2D eigenvalue weighted by atomic mass is 19.1. The van der Waals surface area contributed by atoms with E-state index in [9.17, 15) is 4.39 Å². The van der Waals surface area contributed by atoms with Gasteiger partial charge in [-0.05, 0) is 30.5 Å². The van der Waals surface area contributed by atoms with Gasteiger partial charge in [-0.25, -0.2) is 4.39 Å². The number of morpholine rings is 1. The lowest BCUT2D eigenvalue weighted by Crippen LogP contribution is -2.38. The first-order chi connectivity index (χ1) is 7.34. The summed E-state index contributed by atoms with van der Waals surface area (Å²) in [5.41, 5.74) is 1.05. The largest absolute Gasteiger partial charge is 0.376 e. The van der Waals surface area contributed by atoms with Gasteiger partial charge >= 0.3 is 0 Å². The number of benzene rings is 1. The average Bonchev–Trinajstić information content (AvgIpc) is 2.28. The van der Waals surface area contributed by atoms with Crippen molar-refractivity contribution in [1.29, 1.82) is 0 Å². The molecule has 1 heterocycles. The van der Waals surface area contributed by atoms with Gasteiger partial charge in [-0.2, -0.15) is 0 Å². The number of hydrogen-bond donors (Lipinski definition) is 1. The van der Waals surface area contributed by atoms with Gasteiger partial charge in [-0.1, -0.05) is 12.1 Å². The van der Waals surface area contributed by atoms with Crippen molar-refractivity contribution in [2.45, 2.75) is 18.9 Å². The fourth-order valence-corrected chi connectivity index (χ4v) is 1.83. The van der Waals surface area contributed by atoms with Crippen molar-refractivity contribution in [3.8, 4) is 0 Å². The highest BCUT2D eigenvalue weighted by molar-refractivity contribution is 5.16. The maximum absolute atomic E-state index is 12.9. The molecule has 2 rings (SSSR count). The Morgan fingerprint density at radius 3 is 3.13 bits per heavy atom. The van der Waals surface area contributed by atoms with Gasteiger partial charge in [0.1, 0.15) is 5.82 Å². The van der Waals surface area contributed by atoms with Gasteiger partial charge in [-0.3, -0.25) is 0 Å². The molecule has 1 unspecified atom stereocenters. The first-order valence-corrected chi connectivity index (χ1v) is 5.41. The quantitative estimate of drug-likeness (QED) is 0.818. The zero-order chi connectivity index (χ0) is 10.5. The Hall–Kier alpha value is -0.930. The van der Waals surface area contributed by atoms with Crippen molar-refractivity contribution in [2.75, 3.05) is 19.7 Å². The molecule has 82 valence electrons. The van der Waals surface area contributed by atoms with E-state index in [1.54, 1.807) is 12.1 Å². The van der Waals surface area contributed by atoms with Crippen molar-refractivity contribution >= 4 is 0 Å². The maximum Gasteiger partial charge on any atom is 0.123 e. The summed E-state index contributed by atoms with van der Waals surface area (Å²) in [6.45, 7) is 2.64. The zero-order valence-corrected chi connectivity index (χ0v) is 8.71. The van der Waals surface area contributed by atoms with Crippen LogP contribution in [0.5, 0.6) is 0 Å². The SMILES string of the molecule is Fc1cccc(CCC2CNCCO2)c1. The molecule has 0 radical (unpaired) electrons. The van der Waals surface area contributed by atoms with E-state index in [0.29, 0.717) is 0 Å². The van der Waals surface area contributed by atoms with Crippen LogP contribution in [0.2, 0.25) is 0 Å². The molecule has 0 aliphatic carbocycles. The molecule has 1 fully saturated rings. The predicted octanol–water partition coefficient (Wildman–Crippen LogP) is 1.75. The smallest absolute Gasteiger partial charge is 0.123 e. The van der Waals surface area contributed by atoms with Crippen molar-refractivity contribution in [3.05, 3.63) is 35.6 Å². The highest BCUT2D eigenvalue weighted by Crippen LogP contribution is 2.10. The number of nitrogens with one attached hydrogen (secondary N) is 1. The molecule has 2 nitrogen and oxygen atoms in total. The van der Waals surface area contributed by atoms with Crippen molar-refractivity contribution in [1.82, 2.24) is 5.32 Å². The first-order valence-electron chi connectivity index (χ1n) is 5.41. The van der Waals surface area contributed by atoms with Gasteiger partial charge in [-0.15, -0.1) is 0 Å². The third kappa shape index (κ3) is 3.29. The third-order valence-electron chi connectivity index (χ3n) is 2.65. The Balaban J connectivity index is 1.81. The van der Waals surface area contributed by atoms with Crippen LogP contribution in [0.15, 0.2) is 24.3 Å². The predicted molar refractivity (Wildman–Crippen MR) is 57.3 cm³/mol. The van der Waals surface area contributed by atoms with Crippen LogP contribution in [0.4, 0.5) is 4.39 Å². The maximum atomic E-state index is 12.9. The normalized spacial score (nSPS) is 21.5.